The molecule has 0 amide bonds. The maximum absolute atomic E-state index is 6.79. The number of nitrogens with two attached hydrogens (primary N) is 2. The summed E-state index contributed by atoms with van der Waals surface area (Å²) in [6.45, 7) is 2.05. The average molecular weight is 368 g/mol. The highest BCUT2D eigenvalue weighted by atomic mass is 15.4. The van der Waals surface area contributed by atoms with Crippen molar-refractivity contribution in [2.24, 2.45) is 11.5 Å². The molecule has 1 aliphatic carbocycles. The van der Waals surface area contributed by atoms with Gasteiger partial charge in [0.15, 0.2) is 11.5 Å². The van der Waals surface area contributed by atoms with Crippen LogP contribution in [0.15, 0.2) is 72.5 Å². The Bertz CT molecular complexity index is 1280. The number of hydrogen-bond acceptors (Lipinski definition) is 5. The topological polar surface area (TPSA) is 95.1 Å². The second kappa shape index (κ2) is 6.00. The number of aromatic nitrogens is 4. The van der Waals surface area contributed by atoms with Crippen molar-refractivity contribution in [3.8, 4) is 11.4 Å². The number of hydrogen-bond donors (Lipinski definition) is 2. The first-order chi connectivity index (χ1) is 13.6. The van der Waals surface area contributed by atoms with E-state index in [1.165, 1.54) is 0 Å². The molecule has 0 saturated carbocycles. The van der Waals surface area contributed by atoms with Crippen LogP contribution < -0.4 is 11.5 Å². The van der Waals surface area contributed by atoms with Gasteiger partial charge in [0.1, 0.15) is 0 Å². The lowest BCUT2D eigenvalue weighted by atomic mass is 9.85. The molecule has 5 rings (SSSR count). The Kier molecular flexibility index (Phi) is 3.57. The molecule has 138 valence electrons. The van der Waals surface area contributed by atoms with E-state index in [1.807, 2.05) is 60.7 Å². The highest BCUT2D eigenvalue weighted by molar-refractivity contribution is 5.96. The van der Waals surface area contributed by atoms with E-state index in [9.17, 15) is 0 Å². The molecule has 0 fully saturated rings. The number of aryl methyl sites for hydroxylation is 1. The first kappa shape index (κ1) is 16.6. The van der Waals surface area contributed by atoms with Crippen molar-refractivity contribution in [3.63, 3.8) is 0 Å². The van der Waals surface area contributed by atoms with Gasteiger partial charge in [0.25, 0.3) is 0 Å². The minimum Gasteiger partial charge on any atom is -0.402 e. The molecule has 2 aromatic heterocycles. The summed E-state index contributed by atoms with van der Waals surface area (Å²) < 4.78 is 1.80. The zero-order valence-corrected chi connectivity index (χ0v) is 15.5. The van der Waals surface area contributed by atoms with E-state index in [-0.39, 0.29) is 0 Å². The van der Waals surface area contributed by atoms with E-state index < -0.39 is 5.54 Å². The molecule has 0 radical (unpaired) electrons. The fourth-order valence-electron chi connectivity index (χ4n) is 3.88. The monoisotopic (exact) mass is 368 g/mol. The summed E-state index contributed by atoms with van der Waals surface area (Å²) in [6.07, 6.45) is 6.24. The van der Waals surface area contributed by atoms with Gasteiger partial charge < -0.3 is 11.5 Å². The number of allylic oxidation sites excluding steroid dienone is 2. The SMILES string of the molecule is Cc1ccccc1-c1nnc2c3ccccc3c(C3(N)C=CC=C(N)C3)nn12. The fourth-order valence-corrected chi connectivity index (χ4v) is 3.88. The van der Waals surface area contributed by atoms with Gasteiger partial charge in [-0.2, -0.15) is 9.61 Å². The van der Waals surface area contributed by atoms with Crippen molar-refractivity contribution < 1.29 is 0 Å². The summed E-state index contributed by atoms with van der Waals surface area (Å²) in [7, 11) is 0. The summed E-state index contributed by atoms with van der Waals surface area (Å²) in [5, 5.41) is 15.8. The standard InChI is InChI=1S/C22H20N6/c1-14-7-2-3-9-16(14)20-25-26-21-18-11-5-4-10-17(18)19(27-28(20)21)22(24)12-6-8-15(23)13-22/h2-12H,13,23-24H2,1H3. The molecule has 1 atom stereocenters. The molecule has 2 aromatic carbocycles. The molecule has 6 heteroatoms. The van der Waals surface area contributed by atoms with Gasteiger partial charge in [-0.05, 0) is 18.6 Å². The Hall–Kier alpha value is -3.51. The zero-order chi connectivity index (χ0) is 19.3. The molecule has 0 spiro atoms. The van der Waals surface area contributed by atoms with Crippen LogP contribution in [0, 0.1) is 6.92 Å². The van der Waals surface area contributed by atoms with Crippen LogP contribution >= 0.6 is 0 Å². The maximum Gasteiger partial charge on any atom is 0.186 e. The van der Waals surface area contributed by atoms with E-state index in [4.69, 9.17) is 16.6 Å². The van der Waals surface area contributed by atoms with Gasteiger partial charge in [-0.1, -0.05) is 60.7 Å². The second-order valence-electron chi connectivity index (χ2n) is 7.29. The van der Waals surface area contributed by atoms with E-state index >= 15 is 0 Å². The first-order valence-corrected chi connectivity index (χ1v) is 9.20. The van der Waals surface area contributed by atoms with Crippen molar-refractivity contribution in [3.05, 3.63) is 83.7 Å². The third kappa shape index (κ3) is 2.42. The number of fused-ring (bicyclic) bond motifs is 3. The Morgan fingerprint density at radius 2 is 1.75 bits per heavy atom. The third-order valence-corrected chi connectivity index (χ3v) is 5.29. The Labute approximate surface area is 162 Å². The predicted molar refractivity (Wildman–Crippen MR) is 110 cm³/mol. The van der Waals surface area contributed by atoms with Crippen LogP contribution in [-0.4, -0.2) is 19.8 Å². The van der Waals surface area contributed by atoms with Gasteiger partial charge in [0.2, 0.25) is 0 Å². The summed E-state index contributed by atoms with van der Waals surface area (Å²) in [5.41, 5.74) is 16.4. The third-order valence-electron chi connectivity index (χ3n) is 5.29. The van der Waals surface area contributed by atoms with Crippen LogP contribution in [0.4, 0.5) is 0 Å². The maximum atomic E-state index is 6.79. The van der Waals surface area contributed by atoms with Gasteiger partial charge in [0, 0.05) is 28.5 Å². The van der Waals surface area contributed by atoms with Crippen molar-refractivity contribution >= 4 is 16.4 Å². The average Bonchev–Trinajstić information content (AvgIpc) is 3.11. The molecule has 0 saturated heterocycles. The number of benzene rings is 2. The Balaban J connectivity index is 1.85. The summed E-state index contributed by atoms with van der Waals surface area (Å²) >= 11 is 0. The minimum atomic E-state index is -0.792. The lowest BCUT2D eigenvalue weighted by molar-refractivity contribution is 0.524. The molecule has 6 nitrogen and oxygen atoms in total. The molecule has 0 bridgehead atoms. The van der Waals surface area contributed by atoms with Crippen molar-refractivity contribution in [1.29, 1.82) is 0 Å². The minimum absolute atomic E-state index is 0.508. The molecule has 1 aliphatic rings. The van der Waals surface area contributed by atoms with Gasteiger partial charge in [-0.25, -0.2) is 0 Å². The molecular weight excluding hydrogens is 348 g/mol. The Morgan fingerprint density at radius 1 is 1.00 bits per heavy atom. The van der Waals surface area contributed by atoms with Crippen LogP contribution in [0.25, 0.3) is 27.8 Å². The van der Waals surface area contributed by atoms with E-state index in [0.29, 0.717) is 17.9 Å². The van der Waals surface area contributed by atoms with Crippen molar-refractivity contribution in [2.45, 2.75) is 18.9 Å². The molecule has 28 heavy (non-hydrogen) atoms. The fraction of sp³-hybridized carbons (Fsp3) is 0.136. The normalized spacial score (nSPS) is 19.3. The van der Waals surface area contributed by atoms with E-state index in [2.05, 4.69) is 23.2 Å². The van der Waals surface area contributed by atoms with Gasteiger partial charge >= 0.3 is 0 Å². The number of nitrogens with zero attached hydrogens (tertiary/aromatic N) is 4. The largest absolute Gasteiger partial charge is 0.402 e. The summed E-state index contributed by atoms with van der Waals surface area (Å²) in [6, 6.07) is 16.1. The smallest absolute Gasteiger partial charge is 0.186 e. The molecule has 2 heterocycles. The quantitative estimate of drug-likeness (QED) is 0.566. The van der Waals surface area contributed by atoms with Crippen LogP contribution in [0.5, 0.6) is 0 Å². The van der Waals surface area contributed by atoms with Crippen molar-refractivity contribution in [2.75, 3.05) is 0 Å². The summed E-state index contributed by atoms with van der Waals surface area (Å²) in [4.78, 5) is 0. The molecular formula is C22H20N6. The van der Waals surface area contributed by atoms with Gasteiger partial charge in [-0.15, -0.1) is 10.2 Å². The van der Waals surface area contributed by atoms with Crippen LogP contribution in [-0.2, 0) is 5.54 Å². The highest BCUT2D eigenvalue weighted by Crippen LogP contribution is 2.34. The summed E-state index contributed by atoms with van der Waals surface area (Å²) in [5.74, 6) is 0.701. The second-order valence-corrected chi connectivity index (χ2v) is 7.29. The van der Waals surface area contributed by atoms with Crippen LogP contribution in [0.2, 0.25) is 0 Å². The van der Waals surface area contributed by atoms with Crippen molar-refractivity contribution in [1.82, 2.24) is 19.8 Å². The molecule has 4 aromatic rings. The van der Waals surface area contributed by atoms with E-state index in [0.717, 1.165) is 33.3 Å². The lowest BCUT2D eigenvalue weighted by Crippen LogP contribution is -2.39. The zero-order valence-electron chi connectivity index (χ0n) is 15.5. The van der Waals surface area contributed by atoms with Crippen LogP contribution in [0.1, 0.15) is 17.7 Å². The highest BCUT2D eigenvalue weighted by Gasteiger charge is 2.32. The molecule has 1 unspecified atom stereocenters. The Morgan fingerprint density at radius 3 is 2.54 bits per heavy atom. The number of rotatable bonds is 2. The van der Waals surface area contributed by atoms with Gasteiger partial charge in [0.05, 0.1) is 11.2 Å². The molecule has 0 aliphatic heterocycles. The predicted octanol–water partition coefficient (Wildman–Crippen LogP) is 3.21. The van der Waals surface area contributed by atoms with E-state index in [1.54, 1.807) is 4.52 Å². The van der Waals surface area contributed by atoms with Gasteiger partial charge in [-0.3, -0.25) is 0 Å². The molecule has 4 N–H and O–H groups in total. The lowest BCUT2D eigenvalue weighted by Gasteiger charge is -2.29. The first-order valence-electron chi connectivity index (χ1n) is 9.20. The van der Waals surface area contributed by atoms with Crippen LogP contribution in [0.3, 0.4) is 0 Å².